The van der Waals surface area contributed by atoms with Crippen LogP contribution in [0.15, 0.2) is 0 Å². The molecular weight excluding hydrogens is 150 g/mol. The van der Waals surface area contributed by atoms with E-state index in [9.17, 15) is 0 Å². The topological polar surface area (TPSA) is 32.3 Å². The average molecular weight is 175 g/mol. The molecule has 0 atom stereocenters. The Balaban J connectivity index is 0. The van der Waals surface area contributed by atoms with Crippen molar-refractivity contribution in [2.45, 2.75) is 46.5 Å². The van der Waals surface area contributed by atoms with Gasteiger partial charge >= 0.3 is 0 Å². The zero-order chi connectivity index (χ0) is 9.66. The second kappa shape index (κ2) is 17.1. The molecule has 0 heterocycles. The van der Waals surface area contributed by atoms with Crippen LogP contribution in [0.3, 0.4) is 0 Å². The number of nitrogens with one attached hydrogen (secondary N) is 1. The van der Waals surface area contributed by atoms with E-state index in [0.717, 1.165) is 13.0 Å². The van der Waals surface area contributed by atoms with Crippen molar-refractivity contribution in [3.8, 4) is 0 Å². The molecular formula is C10H25NO. The van der Waals surface area contributed by atoms with E-state index in [1.54, 1.807) is 0 Å². The molecule has 12 heavy (non-hydrogen) atoms. The smallest absolute Gasteiger partial charge is 0.0428 e. The molecule has 0 rings (SSSR count). The van der Waals surface area contributed by atoms with Crippen LogP contribution in [0.1, 0.15) is 46.5 Å². The highest BCUT2D eigenvalue weighted by Gasteiger charge is 1.81. The normalized spacial score (nSPS) is 9.00. The largest absolute Gasteiger partial charge is 0.396 e. The van der Waals surface area contributed by atoms with Crippen LogP contribution >= 0.6 is 0 Å². The lowest BCUT2D eigenvalue weighted by Gasteiger charge is -1.97. The lowest BCUT2D eigenvalue weighted by molar-refractivity contribution is 0.295. The second-order valence-electron chi connectivity index (χ2n) is 2.78. The number of aliphatic hydroxyl groups excluding tert-OH is 1. The summed E-state index contributed by atoms with van der Waals surface area (Å²) in [5, 5.41) is 11.2. The maximum Gasteiger partial charge on any atom is 0.0428 e. The van der Waals surface area contributed by atoms with E-state index in [1.807, 2.05) is 6.92 Å². The Hall–Kier alpha value is -0.0800. The molecule has 0 aliphatic rings. The fourth-order valence-electron chi connectivity index (χ4n) is 0.677. The van der Waals surface area contributed by atoms with Gasteiger partial charge in [-0.1, -0.05) is 33.6 Å². The van der Waals surface area contributed by atoms with Gasteiger partial charge in [0.25, 0.3) is 0 Å². The average Bonchev–Trinajstić information content (AvgIpc) is 2.13. The third-order valence-corrected chi connectivity index (χ3v) is 1.43. The highest BCUT2D eigenvalue weighted by atomic mass is 16.2. The summed E-state index contributed by atoms with van der Waals surface area (Å²) in [5.74, 6) is 0. The van der Waals surface area contributed by atoms with Crippen molar-refractivity contribution in [3.63, 3.8) is 0 Å². The van der Waals surface area contributed by atoms with Crippen LogP contribution in [0.4, 0.5) is 0 Å². The number of rotatable bonds is 6. The van der Waals surface area contributed by atoms with E-state index >= 15 is 0 Å². The molecule has 0 radical (unpaired) electrons. The second-order valence-corrected chi connectivity index (χ2v) is 2.78. The molecule has 0 saturated carbocycles. The van der Waals surface area contributed by atoms with Crippen molar-refractivity contribution >= 4 is 0 Å². The number of hydrogen-bond donors (Lipinski definition) is 2. The molecule has 76 valence electrons. The van der Waals surface area contributed by atoms with Crippen LogP contribution < -0.4 is 5.32 Å². The summed E-state index contributed by atoms with van der Waals surface area (Å²) < 4.78 is 0. The molecule has 0 aromatic heterocycles. The molecule has 0 bridgehead atoms. The molecule has 0 amide bonds. The molecule has 0 aliphatic carbocycles. The molecule has 0 saturated heterocycles. The van der Waals surface area contributed by atoms with Crippen LogP contribution in [-0.2, 0) is 0 Å². The maximum absolute atomic E-state index is 7.88. The number of hydrogen-bond acceptors (Lipinski definition) is 2. The zero-order valence-electron chi connectivity index (χ0n) is 8.90. The predicted octanol–water partition coefficient (Wildman–Crippen LogP) is 2.17. The highest BCUT2D eigenvalue weighted by molar-refractivity contribution is 4.42. The van der Waals surface area contributed by atoms with Gasteiger partial charge < -0.3 is 10.4 Å². The summed E-state index contributed by atoms with van der Waals surface area (Å²) in [4.78, 5) is 0. The minimum atomic E-state index is 0.319. The van der Waals surface area contributed by atoms with Crippen LogP contribution in [0.25, 0.3) is 0 Å². The van der Waals surface area contributed by atoms with E-state index < -0.39 is 0 Å². The third kappa shape index (κ3) is 22.5. The van der Waals surface area contributed by atoms with Gasteiger partial charge in [-0.25, -0.2) is 0 Å². The summed E-state index contributed by atoms with van der Waals surface area (Å²) in [5.41, 5.74) is 0. The molecule has 0 aliphatic heterocycles. The Bertz CT molecular complexity index is 49.8. The van der Waals surface area contributed by atoms with E-state index in [0.29, 0.717) is 6.61 Å². The van der Waals surface area contributed by atoms with Gasteiger partial charge in [-0.15, -0.1) is 0 Å². The fourth-order valence-corrected chi connectivity index (χ4v) is 0.677. The molecule has 2 N–H and O–H groups in total. The van der Waals surface area contributed by atoms with Crippen LogP contribution in [0.5, 0.6) is 0 Å². The van der Waals surface area contributed by atoms with Crippen LogP contribution in [-0.4, -0.2) is 24.8 Å². The van der Waals surface area contributed by atoms with Gasteiger partial charge in [-0.3, -0.25) is 0 Å². The van der Waals surface area contributed by atoms with Crippen molar-refractivity contribution in [1.82, 2.24) is 5.32 Å². The maximum atomic E-state index is 7.88. The fraction of sp³-hybridized carbons (Fsp3) is 1.00. The van der Waals surface area contributed by atoms with Gasteiger partial charge in [-0.2, -0.15) is 0 Å². The summed E-state index contributed by atoms with van der Waals surface area (Å²) in [6, 6.07) is 0. The van der Waals surface area contributed by atoms with Gasteiger partial charge in [0.15, 0.2) is 0 Å². The van der Waals surface area contributed by atoms with Crippen molar-refractivity contribution in [2.24, 2.45) is 0 Å². The summed E-state index contributed by atoms with van der Waals surface area (Å²) >= 11 is 0. The first kappa shape index (κ1) is 14.4. The van der Waals surface area contributed by atoms with Crippen molar-refractivity contribution in [2.75, 3.05) is 19.7 Å². The molecule has 2 nitrogen and oxygen atoms in total. The van der Waals surface area contributed by atoms with Gasteiger partial charge in [0.05, 0.1) is 0 Å². The Labute approximate surface area is 77.4 Å². The van der Waals surface area contributed by atoms with Crippen molar-refractivity contribution in [3.05, 3.63) is 0 Å². The first-order chi connectivity index (χ1) is 5.83. The first-order valence-corrected chi connectivity index (χ1v) is 5.14. The quantitative estimate of drug-likeness (QED) is 0.606. The molecule has 0 fully saturated rings. The number of unbranched alkanes of at least 4 members (excludes halogenated alkanes) is 2. The van der Waals surface area contributed by atoms with Gasteiger partial charge in [-0.05, 0) is 25.9 Å². The highest BCUT2D eigenvalue weighted by Crippen LogP contribution is 1.89. The van der Waals surface area contributed by atoms with E-state index in [2.05, 4.69) is 19.2 Å². The lowest BCUT2D eigenvalue weighted by atomic mass is 10.2. The van der Waals surface area contributed by atoms with E-state index in [-0.39, 0.29) is 0 Å². The van der Waals surface area contributed by atoms with Gasteiger partial charge in [0, 0.05) is 6.61 Å². The molecule has 2 heteroatoms. The Kier molecular flexibility index (Phi) is 20.6. The minimum Gasteiger partial charge on any atom is -0.396 e. The molecule has 0 unspecified atom stereocenters. The zero-order valence-corrected chi connectivity index (χ0v) is 8.90. The van der Waals surface area contributed by atoms with Crippen molar-refractivity contribution in [1.29, 1.82) is 0 Å². The molecule has 0 spiro atoms. The van der Waals surface area contributed by atoms with Crippen LogP contribution in [0, 0.1) is 0 Å². The van der Waals surface area contributed by atoms with E-state index in [4.69, 9.17) is 5.11 Å². The third-order valence-electron chi connectivity index (χ3n) is 1.43. The van der Waals surface area contributed by atoms with Gasteiger partial charge in [0.2, 0.25) is 0 Å². The Morgan fingerprint density at radius 3 is 1.92 bits per heavy atom. The lowest BCUT2D eigenvalue weighted by Crippen LogP contribution is -2.13. The summed E-state index contributed by atoms with van der Waals surface area (Å²) in [6.45, 7) is 8.94. The minimum absolute atomic E-state index is 0.319. The van der Waals surface area contributed by atoms with Crippen molar-refractivity contribution < 1.29 is 5.11 Å². The molecule has 0 aromatic carbocycles. The van der Waals surface area contributed by atoms with Crippen LogP contribution in [0.2, 0.25) is 0 Å². The summed E-state index contributed by atoms with van der Waals surface area (Å²) in [7, 11) is 0. The van der Waals surface area contributed by atoms with Gasteiger partial charge in [0.1, 0.15) is 0 Å². The SMILES string of the molecule is CCCCCNCC.CCCO. The summed E-state index contributed by atoms with van der Waals surface area (Å²) in [6.07, 6.45) is 4.91. The standard InChI is InChI=1S/C7H17N.C3H8O/c1-3-5-6-7-8-4-2;1-2-3-4/h8H,3-7H2,1-2H3;4H,2-3H2,1H3. The Morgan fingerprint density at radius 1 is 1.00 bits per heavy atom. The Morgan fingerprint density at radius 2 is 1.58 bits per heavy atom. The monoisotopic (exact) mass is 175 g/mol. The number of aliphatic hydroxyl groups is 1. The van der Waals surface area contributed by atoms with E-state index in [1.165, 1.54) is 25.8 Å². The first-order valence-electron chi connectivity index (χ1n) is 5.14. The molecule has 0 aromatic rings. The predicted molar refractivity (Wildman–Crippen MR) is 55.4 cm³/mol.